The molecular formula is C34H32N8O8S3. The third kappa shape index (κ3) is 8.12. The van der Waals surface area contributed by atoms with Crippen LogP contribution in [0.3, 0.4) is 0 Å². The topological polar surface area (TPSA) is 250 Å². The number of carbonyl (C=O) groups is 5. The number of thioether (sulfide) groups is 2. The van der Waals surface area contributed by atoms with Crippen LogP contribution in [0, 0.1) is 6.92 Å². The molecule has 2 unspecified atom stereocenters. The molecule has 8 N–H and O–H groups in total. The van der Waals surface area contributed by atoms with Gasteiger partial charge in [0, 0.05) is 30.3 Å². The number of hydrogen-bond donors (Lipinski definition) is 7. The number of hydrogen-bond acceptors (Lipinski definition) is 13. The first-order valence-corrected chi connectivity index (χ1v) is 18.8. The van der Waals surface area contributed by atoms with Crippen molar-refractivity contribution in [1.29, 1.82) is 0 Å². The molecule has 1 saturated heterocycles. The minimum atomic E-state index is -1.40. The van der Waals surface area contributed by atoms with Crippen molar-refractivity contribution in [3.05, 3.63) is 104 Å². The van der Waals surface area contributed by atoms with E-state index in [2.05, 4.69) is 31.1 Å². The Morgan fingerprint density at radius 2 is 1.77 bits per heavy atom. The lowest BCUT2D eigenvalue weighted by atomic mass is 10.0. The number of fused-ring (bicyclic) bond motifs is 1. The minimum absolute atomic E-state index is 0.0904. The number of carboxylic acids is 1. The number of aryl methyl sites for hydroxylation is 1. The number of aromatic hydroxyl groups is 1. The van der Waals surface area contributed by atoms with Crippen molar-refractivity contribution in [1.82, 2.24) is 36.0 Å². The average Bonchev–Trinajstić information content (AvgIpc) is 3.63. The van der Waals surface area contributed by atoms with E-state index in [1.165, 1.54) is 53.9 Å². The fourth-order valence-electron chi connectivity index (χ4n) is 5.53. The number of nitrogens with zero attached hydrogens (tertiary/aromatic N) is 3. The van der Waals surface area contributed by atoms with Gasteiger partial charge in [-0.05, 0) is 47.9 Å². The van der Waals surface area contributed by atoms with Crippen LogP contribution >= 0.6 is 34.9 Å². The number of aliphatic carboxylic acids is 1. The van der Waals surface area contributed by atoms with Gasteiger partial charge in [0.15, 0.2) is 4.34 Å². The highest BCUT2D eigenvalue weighted by atomic mass is 32.2. The largest absolute Gasteiger partial charge is 0.508 e. The molecule has 2 aromatic heterocycles. The molecule has 53 heavy (non-hydrogen) atoms. The highest BCUT2D eigenvalue weighted by molar-refractivity contribution is 8.01. The van der Waals surface area contributed by atoms with Crippen molar-refractivity contribution in [2.24, 2.45) is 5.73 Å². The van der Waals surface area contributed by atoms with E-state index in [1.807, 2.05) is 31.2 Å². The molecule has 0 aliphatic carbocycles. The second kappa shape index (κ2) is 16.0. The van der Waals surface area contributed by atoms with Gasteiger partial charge in [-0.2, -0.15) is 0 Å². The number of aromatic amines is 1. The Kier molecular flexibility index (Phi) is 11.3. The van der Waals surface area contributed by atoms with Crippen LogP contribution in [0.4, 0.5) is 0 Å². The van der Waals surface area contributed by atoms with Gasteiger partial charge in [0.05, 0.1) is 0 Å². The van der Waals surface area contributed by atoms with Crippen LogP contribution in [0.2, 0.25) is 0 Å². The maximum absolute atomic E-state index is 13.8. The van der Waals surface area contributed by atoms with E-state index in [-0.39, 0.29) is 52.2 Å². The van der Waals surface area contributed by atoms with Crippen LogP contribution in [0.1, 0.15) is 37.3 Å². The standard InChI is InChI=1S/C34H32N8O8S3/c1-16-2-4-17(5-3-16)22-11-10-21(26(44)37-22)27(45)38-23(18-6-8-20(43)9-7-18)28(46)39-24-31(48)42-25(33(49)50)19(14-51-32(24)42)15-52-34-41-40-30(53-34)29(47)36-13-12-35/h2-11,23-24,32,43H,12-15,35H2,1H3,(H,36,47)(H,37,44)(H,38,45)(H,39,46)(H,49,50)/t23?,24?,32-/m0/s1. The number of phenolic OH excluding ortho intramolecular Hbond substituents is 1. The second-order valence-corrected chi connectivity index (χ2v) is 15.1. The molecule has 19 heteroatoms. The van der Waals surface area contributed by atoms with Crippen molar-refractivity contribution in [3.8, 4) is 17.0 Å². The van der Waals surface area contributed by atoms with E-state index in [4.69, 9.17) is 5.73 Å². The molecule has 6 rings (SSSR count). The number of carboxylic acid groups (broad SMARTS) is 1. The first-order chi connectivity index (χ1) is 25.4. The summed E-state index contributed by atoms with van der Waals surface area (Å²) in [4.78, 5) is 82.0. The van der Waals surface area contributed by atoms with Crippen LogP contribution in [0.5, 0.6) is 5.75 Å². The van der Waals surface area contributed by atoms with Gasteiger partial charge in [-0.25, -0.2) is 4.79 Å². The summed E-state index contributed by atoms with van der Waals surface area (Å²) in [7, 11) is 0. The molecule has 4 amide bonds. The molecule has 2 aliphatic rings. The van der Waals surface area contributed by atoms with Crippen molar-refractivity contribution < 1.29 is 34.2 Å². The average molecular weight is 777 g/mol. The Balaban J connectivity index is 1.16. The zero-order valence-electron chi connectivity index (χ0n) is 27.8. The number of aromatic nitrogens is 3. The summed E-state index contributed by atoms with van der Waals surface area (Å²) in [6, 6.07) is 13.3. The van der Waals surface area contributed by atoms with E-state index < -0.39 is 52.6 Å². The third-order valence-corrected chi connectivity index (χ3v) is 11.7. The molecule has 16 nitrogen and oxygen atoms in total. The maximum atomic E-state index is 13.8. The summed E-state index contributed by atoms with van der Waals surface area (Å²) < 4.78 is 0.429. The second-order valence-electron chi connectivity index (χ2n) is 11.8. The number of β-lactam (4-membered cyclic amide) rings is 1. The van der Waals surface area contributed by atoms with Gasteiger partial charge in [-0.1, -0.05) is 65.1 Å². The molecule has 2 aromatic carbocycles. The number of H-pyrrole nitrogens is 1. The molecule has 4 aromatic rings. The molecule has 3 atom stereocenters. The summed E-state index contributed by atoms with van der Waals surface area (Å²) in [6.45, 7) is 2.47. The number of pyridine rings is 1. The van der Waals surface area contributed by atoms with Gasteiger partial charge in [0.1, 0.15) is 34.5 Å². The molecule has 0 bridgehead atoms. The quantitative estimate of drug-likeness (QED) is 0.0754. The number of amides is 4. The van der Waals surface area contributed by atoms with Crippen LogP contribution in [-0.4, -0.2) is 95.9 Å². The number of carbonyl (C=O) groups excluding carboxylic acids is 4. The van der Waals surface area contributed by atoms with Gasteiger partial charge in [-0.15, -0.1) is 22.0 Å². The van der Waals surface area contributed by atoms with Gasteiger partial charge >= 0.3 is 5.97 Å². The Morgan fingerprint density at radius 3 is 2.45 bits per heavy atom. The van der Waals surface area contributed by atoms with Crippen molar-refractivity contribution >= 4 is 64.5 Å². The van der Waals surface area contributed by atoms with E-state index in [9.17, 15) is 39.0 Å². The van der Waals surface area contributed by atoms with E-state index in [1.54, 1.807) is 6.07 Å². The molecule has 274 valence electrons. The van der Waals surface area contributed by atoms with Gasteiger partial charge in [-0.3, -0.25) is 28.9 Å². The van der Waals surface area contributed by atoms with Crippen molar-refractivity contribution in [2.45, 2.75) is 28.7 Å². The Morgan fingerprint density at radius 1 is 1.04 bits per heavy atom. The monoisotopic (exact) mass is 776 g/mol. The first kappa shape index (κ1) is 37.3. The van der Waals surface area contributed by atoms with Crippen LogP contribution < -0.4 is 27.2 Å². The number of phenols is 1. The molecular weight excluding hydrogens is 745 g/mol. The molecule has 2 aliphatic heterocycles. The fourth-order valence-corrected chi connectivity index (χ4v) is 8.78. The van der Waals surface area contributed by atoms with Crippen molar-refractivity contribution in [3.63, 3.8) is 0 Å². The van der Waals surface area contributed by atoms with E-state index >= 15 is 0 Å². The smallest absolute Gasteiger partial charge is 0.352 e. The normalized spacial score (nSPS) is 17.0. The number of rotatable bonds is 13. The Hall–Kier alpha value is -5.50. The first-order valence-electron chi connectivity index (χ1n) is 16.0. The van der Waals surface area contributed by atoms with E-state index in [0.29, 0.717) is 15.6 Å². The van der Waals surface area contributed by atoms with Gasteiger partial charge in [0.25, 0.3) is 23.3 Å². The molecule has 0 saturated carbocycles. The fraction of sp³-hybridized carbons (Fsp3) is 0.235. The molecule has 1 fully saturated rings. The number of nitrogens with two attached hydrogens (primary N) is 1. The Bertz CT molecular complexity index is 2170. The SMILES string of the molecule is Cc1ccc(-c2ccc(C(=O)NC(C(=O)NC3C(=O)N4C(C(=O)O)=C(CSc5nnc(C(=O)NCCN)s5)CS[C@@H]34)c3ccc(O)cc3)c(=O)[nH]2)cc1. The maximum Gasteiger partial charge on any atom is 0.352 e. The minimum Gasteiger partial charge on any atom is -0.508 e. The number of benzene rings is 2. The Labute approximate surface area is 313 Å². The highest BCUT2D eigenvalue weighted by Crippen LogP contribution is 2.42. The zero-order valence-corrected chi connectivity index (χ0v) is 30.3. The lowest BCUT2D eigenvalue weighted by Crippen LogP contribution is -2.71. The zero-order chi connectivity index (χ0) is 37.8. The summed E-state index contributed by atoms with van der Waals surface area (Å²) >= 11 is 3.46. The summed E-state index contributed by atoms with van der Waals surface area (Å²) in [5, 5.41) is 35.0. The van der Waals surface area contributed by atoms with Crippen LogP contribution in [0.15, 0.2) is 81.1 Å². The summed E-state index contributed by atoms with van der Waals surface area (Å²) in [5.74, 6) is -3.78. The van der Waals surface area contributed by atoms with Crippen LogP contribution in [0.25, 0.3) is 11.3 Å². The molecule has 4 heterocycles. The predicted octanol–water partition coefficient (Wildman–Crippen LogP) is 1.60. The summed E-state index contributed by atoms with van der Waals surface area (Å²) in [5.41, 5.74) is 7.23. The third-order valence-electron chi connectivity index (χ3n) is 8.23. The van der Waals surface area contributed by atoms with Crippen LogP contribution in [-0.2, 0) is 14.4 Å². The predicted molar refractivity (Wildman–Crippen MR) is 197 cm³/mol. The van der Waals surface area contributed by atoms with Gasteiger partial charge < -0.3 is 36.9 Å². The molecule has 0 spiro atoms. The highest BCUT2D eigenvalue weighted by Gasteiger charge is 2.54. The van der Waals surface area contributed by atoms with E-state index in [0.717, 1.165) is 27.4 Å². The molecule has 0 radical (unpaired) electrons. The van der Waals surface area contributed by atoms with Crippen molar-refractivity contribution in [2.75, 3.05) is 24.6 Å². The van der Waals surface area contributed by atoms with Gasteiger partial charge in [0.2, 0.25) is 10.9 Å². The lowest BCUT2D eigenvalue weighted by molar-refractivity contribution is -0.151. The lowest BCUT2D eigenvalue weighted by Gasteiger charge is -2.49. The summed E-state index contributed by atoms with van der Waals surface area (Å²) in [6.07, 6.45) is 0. The number of nitrogens with one attached hydrogen (secondary N) is 4.